The standard InChI is InChI=1S/C18H16ClFN2O2/c19-15-9-14(6-7-16(15)20)22-11-13(8-17(22)23)18(24)21-10-12-4-2-1-3-5-12/h1-7,9,13H,8,10-11H2,(H,21,24). The number of carbonyl (C=O) groups is 2. The summed E-state index contributed by atoms with van der Waals surface area (Å²) >= 11 is 5.76. The zero-order chi connectivity index (χ0) is 17.1. The number of rotatable bonds is 4. The molecule has 4 nitrogen and oxygen atoms in total. The number of hydrogen-bond donors (Lipinski definition) is 1. The van der Waals surface area contributed by atoms with Crippen molar-refractivity contribution in [2.24, 2.45) is 5.92 Å². The first kappa shape index (κ1) is 16.5. The average molecular weight is 347 g/mol. The molecule has 0 aromatic heterocycles. The number of benzene rings is 2. The number of anilines is 1. The van der Waals surface area contributed by atoms with Gasteiger partial charge in [0.2, 0.25) is 11.8 Å². The molecule has 1 N–H and O–H groups in total. The summed E-state index contributed by atoms with van der Waals surface area (Å²) in [6, 6.07) is 13.7. The maximum absolute atomic E-state index is 13.2. The van der Waals surface area contributed by atoms with E-state index in [-0.39, 0.29) is 29.8 Å². The molecule has 1 heterocycles. The summed E-state index contributed by atoms with van der Waals surface area (Å²) in [6.45, 7) is 0.689. The molecule has 2 amide bonds. The normalized spacial score (nSPS) is 17.2. The summed E-state index contributed by atoms with van der Waals surface area (Å²) in [5, 5.41) is 2.81. The highest BCUT2D eigenvalue weighted by Crippen LogP contribution is 2.28. The lowest BCUT2D eigenvalue weighted by atomic mass is 10.1. The van der Waals surface area contributed by atoms with Crippen LogP contribution in [0.3, 0.4) is 0 Å². The number of hydrogen-bond acceptors (Lipinski definition) is 2. The third-order valence-electron chi connectivity index (χ3n) is 4.02. The molecular formula is C18H16ClFN2O2. The van der Waals surface area contributed by atoms with Crippen LogP contribution in [0.4, 0.5) is 10.1 Å². The Balaban J connectivity index is 1.63. The second-order valence-corrected chi connectivity index (χ2v) is 6.11. The Morgan fingerprint density at radius 1 is 1.25 bits per heavy atom. The molecule has 0 bridgehead atoms. The molecule has 24 heavy (non-hydrogen) atoms. The lowest BCUT2D eigenvalue weighted by Gasteiger charge is -2.17. The molecule has 124 valence electrons. The Hall–Kier alpha value is -2.40. The van der Waals surface area contributed by atoms with Gasteiger partial charge in [-0.05, 0) is 23.8 Å². The van der Waals surface area contributed by atoms with Crippen molar-refractivity contribution in [3.63, 3.8) is 0 Å². The van der Waals surface area contributed by atoms with Gasteiger partial charge in [0.1, 0.15) is 5.82 Å². The van der Waals surface area contributed by atoms with E-state index < -0.39 is 11.7 Å². The zero-order valence-electron chi connectivity index (χ0n) is 12.8. The van der Waals surface area contributed by atoms with E-state index in [0.29, 0.717) is 12.2 Å². The van der Waals surface area contributed by atoms with E-state index in [1.165, 1.54) is 23.1 Å². The van der Waals surface area contributed by atoms with Gasteiger partial charge in [-0.2, -0.15) is 0 Å². The second kappa shape index (κ2) is 7.01. The fourth-order valence-electron chi connectivity index (χ4n) is 2.72. The van der Waals surface area contributed by atoms with E-state index in [0.717, 1.165) is 5.56 Å². The molecule has 1 saturated heterocycles. The lowest BCUT2D eigenvalue weighted by molar-refractivity contribution is -0.126. The molecule has 0 saturated carbocycles. The highest BCUT2D eigenvalue weighted by Gasteiger charge is 2.35. The van der Waals surface area contributed by atoms with E-state index in [2.05, 4.69) is 5.32 Å². The Bertz CT molecular complexity index is 767. The minimum Gasteiger partial charge on any atom is -0.352 e. The molecule has 0 aliphatic carbocycles. The van der Waals surface area contributed by atoms with E-state index in [1.54, 1.807) is 0 Å². The zero-order valence-corrected chi connectivity index (χ0v) is 13.6. The third-order valence-corrected chi connectivity index (χ3v) is 4.31. The van der Waals surface area contributed by atoms with Gasteiger partial charge in [-0.25, -0.2) is 4.39 Å². The van der Waals surface area contributed by atoms with Gasteiger partial charge in [-0.1, -0.05) is 41.9 Å². The van der Waals surface area contributed by atoms with Crippen molar-refractivity contribution in [2.45, 2.75) is 13.0 Å². The van der Waals surface area contributed by atoms with Gasteiger partial charge in [0.05, 0.1) is 10.9 Å². The fourth-order valence-corrected chi connectivity index (χ4v) is 2.89. The van der Waals surface area contributed by atoms with Gasteiger partial charge in [-0.3, -0.25) is 9.59 Å². The van der Waals surface area contributed by atoms with Gasteiger partial charge < -0.3 is 10.2 Å². The van der Waals surface area contributed by atoms with Crippen molar-refractivity contribution in [2.75, 3.05) is 11.4 Å². The molecule has 1 unspecified atom stereocenters. The first-order chi connectivity index (χ1) is 11.5. The van der Waals surface area contributed by atoms with Crippen LogP contribution in [0, 0.1) is 11.7 Å². The fraction of sp³-hybridized carbons (Fsp3) is 0.222. The summed E-state index contributed by atoms with van der Waals surface area (Å²) in [6.07, 6.45) is 0.135. The monoisotopic (exact) mass is 346 g/mol. The third kappa shape index (κ3) is 3.57. The van der Waals surface area contributed by atoms with Crippen LogP contribution in [0.2, 0.25) is 5.02 Å². The lowest BCUT2D eigenvalue weighted by Crippen LogP contribution is -2.32. The SMILES string of the molecule is O=C(NCc1ccccc1)C1CC(=O)N(c2ccc(F)c(Cl)c2)C1. The smallest absolute Gasteiger partial charge is 0.227 e. The number of carbonyl (C=O) groups excluding carboxylic acids is 2. The van der Waals surface area contributed by atoms with Crippen LogP contribution in [-0.4, -0.2) is 18.4 Å². The van der Waals surface area contributed by atoms with Crippen LogP contribution < -0.4 is 10.2 Å². The van der Waals surface area contributed by atoms with Crippen molar-refractivity contribution in [1.82, 2.24) is 5.32 Å². The largest absolute Gasteiger partial charge is 0.352 e. The van der Waals surface area contributed by atoms with Crippen LogP contribution in [0.1, 0.15) is 12.0 Å². The van der Waals surface area contributed by atoms with Crippen LogP contribution in [0.25, 0.3) is 0 Å². The molecule has 3 rings (SSSR count). The van der Waals surface area contributed by atoms with Gasteiger partial charge in [0.25, 0.3) is 0 Å². The molecule has 2 aromatic carbocycles. The van der Waals surface area contributed by atoms with E-state index in [9.17, 15) is 14.0 Å². The van der Waals surface area contributed by atoms with Crippen LogP contribution in [-0.2, 0) is 16.1 Å². The minimum absolute atomic E-state index is 0.0442. The van der Waals surface area contributed by atoms with Gasteiger partial charge in [0.15, 0.2) is 0 Å². The summed E-state index contributed by atoms with van der Waals surface area (Å²) in [7, 11) is 0. The minimum atomic E-state index is -0.538. The highest BCUT2D eigenvalue weighted by molar-refractivity contribution is 6.31. The van der Waals surface area contributed by atoms with Crippen LogP contribution in [0.5, 0.6) is 0 Å². The number of halogens is 2. The Morgan fingerprint density at radius 3 is 2.71 bits per heavy atom. The van der Waals surface area contributed by atoms with Gasteiger partial charge >= 0.3 is 0 Å². The van der Waals surface area contributed by atoms with Gasteiger partial charge in [0, 0.05) is 25.2 Å². The van der Waals surface area contributed by atoms with Crippen LogP contribution >= 0.6 is 11.6 Å². The van der Waals surface area contributed by atoms with Crippen molar-refractivity contribution >= 4 is 29.1 Å². The number of amides is 2. The molecule has 1 aliphatic heterocycles. The maximum Gasteiger partial charge on any atom is 0.227 e. The predicted molar refractivity (Wildman–Crippen MR) is 90.2 cm³/mol. The van der Waals surface area contributed by atoms with Crippen molar-refractivity contribution < 1.29 is 14.0 Å². The van der Waals surface area contributed by atoms with E-state index >= 15 is 0 Å². The van der Waals surface area contributed by atoms with Gasteiger partial charge in [-0.15, -0.1) is 0 Å². The topological polar surface area (TPSA) is 49.4 Å². The Morgan fingerprint density at radius 2 is 2.00 bits per heavy atom. The van der Waals surface area contributed by atoms with Crippen molar-refractivity contribution in [3.8, 4) is 0 Å². The molecule has 1 aliphatic rings. The Labute approximate surface area is 144 Å². The molecule has 6 heteroatoms. The predicted octanol–water partition coefficient (Wildman–Crippen LogP) is 3.15. The Kier molecular flexibility index (Phi) is 4.81. The molecule has 0 radical (unpaired) electrons. The number of nitrogens with zero attached hydrogens (tertiary/aromatic N) is 1. The number of nitrogens with one attached hydrogen (secondary N) is 1. The van der Waals surface area contributed by atoms with E-state index in [1.807, 2.05) is 30.3 Å². The summed E-state index contributed by atoms with van der Waals surface area (Å²) < 4.78 is 13.2. The van der Waals surface area contributed by atoms with Crippen LogP contribution in [0.15, 0.2) is 48.5 Å². The van der Waals surface area contributed by atoms with Crippen molar-refractivity contribution in [1.29, 1.82) is 0 Å². The maximum atomic E-state index is 13.2. The summed E-state index contributed by atoms with van der Waals surface area (Å²) in [4.78, 5) is 25.9. The first-order valence-electron chi connectivity index (χ1n) is 7.61. The van der Waals surface area contributed by atoms with E-state index in [4.69, 9.17) is 11.6 Å². The molecule has 1 fully saturated rings. The molecule has 0 spiro atoms. The van der Waals surface area contributed by atoms with Crippen molar-refractivity contribution in [3.05, 3.63) is 64.9 Å². The summed E-state index contributed by atoms with van der Waals surface area (Å²) in [5.41, 5.74) is 1.50. The quantitative estimate of drug-likeness (QED) is 0.924. The molecule has 2 aromatic rings. The highest BCUT2D eigenvalue weighted by atomic mass is 35.5. The first-order valence-corrected chi connectivity index (χ1v) is 7.99. The summed E-state index contributed by atoms with van der Waals surface area (Å²) in [5.74, 6) is -1.30. The molecular weight excluding hydrogens is 331 g/mol. The average Bonchev–Trinajstić information content (AvgIpc) is 2.98. The molecule has 1 atom stereocenters. The second-order valence-electron chi connectivity index (χ2n) is 5.71.